The Balaban J connectivity index is 2.08. The van der Waals surface area contributed by atoms with Gasteiger partial charge in [0.25, 0.3) is 0 Å². The van der Waals surface area contributed by atoms with Crippen molar-refractivity contribution in [2.24, 2.45) is 5.41 Å². The number of methoxy groups -OCH3 is 1. The average molecular weight is 406 g/mol. The third kappa shape index (κ3) is 2.81. The van der Waals surface area contributed by atoms with Crippen molar-refractivity contribution in [3.05, 3.63) is 77.0 Å². The fourth-order valence-electron chi connectivity index (χ4n) is 3.55. The molecule has 0 saturated heterocycles. The summed E-state index contributed by atoms with van der Waals surface area (Å²) in [5, 5.41) is 16.3. The molecule has 30 heavy (non-hydrogen) atoms. The van der Waals surface area contributed by atoms with Gasteiger partial charge in [-0.05, 0) is 6.07 Å². The summed E-state index contributed by atoms with van der Waals surface area (Å²) < 4.78 is 12.1. The van der Waals surface area contributed by atoms with Crippen LogP contribution in [0.1, 0.15) is 52.7 Å². The minimum Gasteiger partial charge on any atom is -0.464 e. The van der Waals surface area contributed by atoms with Gasteiger partial charge in [-0.1, -0.05) is 69.3 Å². The lowest BCUT2D eigenvalue weighted by Gasteiger charge is -2.35. The number of rotatable bonds is 3. The van der Waals surface area contributed by atoms with E-state index in [1.807, 2.05) is 6.07 Å². The number of ether oxygens (including phenoxy) is 2. The van der Waals surface area contributed by atoms with Gasteiger partial charge in [-0.15, -0.1) is 0 Å². The maximum atomic E-state index is 13.3. The van der Waals surface area contributed by atoms with Gasteiger partial charge in [-0.25, -0.2) is 4.79 Å². The van der Waals surface area contributed by atoms with Crippen molar-refractivity contribution in [2.75, 3.05) is 7.11 Å². The van der Waals surface area contributed by atoms with Crippen LogP contribution in [-0.2, 0) is 10.5 Å². The predicted octanol–water partition coefficient (Wildman–Crippen LogP) is 3.75. The molecule has 3 aromatic rings. The molecule has 0 amide bonds. The lowest BCUT2D eigenvalue weighted by atomic mass is 9.86. The van der Waals surface area contributed by atoms with E-state index >= 15 is 0 Å². The number of nitrogens with zero attached hydrogens (tertiary/aromatic N) is 2. The molecular weight excluding hydrogens is 384 g/mol. The maximum Gasteiger partial charge on any atom is 0.359 e. The molecule has 154 valence electrons. The monoisotopic (exact) mass is 406 g/mol. The molecule has 2 aromatic carbocycles. The van der Waals surface area contributed by atoms with Crippen LogP contribution in [0.4, 0.5) is 0 Å². The lowest BCUT2D eigenvalue weighted by Crippen LogP contribution is -2.40. The first-order chi connectivity index (χ1) is 14.2. The van der Waals surface area contributed by atoms with Gasteiger partial charge >= 0.3 is 5.97 Å². The third-order valence-electron chi connectivity index (χ3n) is 5.08. The Morgan fingerprint density at radius 2 is 1.70 bits per heavy atom. The first-order valence-electron chi connectivity index (χ1n) is 9.51. The zero-order valence-electron chi connectivity index (χ0n) is 17.2. The highest BCUT2D eigenvalue weighted by Gasteiger charge is 2.47. The fraction of sp³-hybridized carbons (Fsp3) is 0.261. The van der Waals surface area contributed by atoms with E-state index in [9.17, 15) is 14.7 Å². The van der Waals surface area contributed by atoms with Crippen molar-refractivity contribution in [1.82, 2.24) is 9.78 Å². The van der Waals surface area contributed by atoms with Gasteiger partial charge in [-0.3, -0.25) is 4.79 Å². The number of aromatic nitrogens is 2. The molecule has 0 saturated carbocycles. The normalized spacial score (nSPS) is 17.5. The summed E-state index contributed by atoms with van der Waals surface area (Å²) in [6, 6.07) is 15.9. The Hall–Kier alpha value is -3.45. The van der Waals surface area contributed by atoms with Crippen molar-refractivity contribution in [3.8, 4) is 11.6 Å². The summed E-state index contributed by atoms with van der Waals surface area (Å²) in [4.78, 5) is 25.8. The van der Waals surface area contributed by atoms with Crippen LogP contribution >= 0.6 is 0 Å². The number of para-hydroxylation sites is 1. The summed E-state index contributed by atoms with van der Waals surface area (Å²) in [5.41, 5.74) is -1.87. The standard InChI is InChI=1S/C23H22N2O5/c1-22(2,3)19(26)17-18(21(27)29-4)24-25-20(17)30-16-13-9-8-12-15(16)23(25,28)14-10-6-5-7-11-14/h5-13,28H,1-4H3. The van der Waals surface area contributed by atoms with Crippen molar-refractivity contribution in [2.45, 2.75) is 26.5 Å². The van der Waals surface area contributed by atoms with Gasteiger partial charge in [0, 0.05) is 11.0 Å². The fourth-order valence-corrected chi connectivity index (χ4v) is 3.55. The molecule has 0 radical (unpaired) electrons. The summed E-state index contributed by atoms with van der Waals surface area (Å²) in [5.74, 6) is -0.762. The molecule has 0 spiro atoms. The van der Waals surface area contributed by atoms with E-state index in [1.165, 1.54) is 11.8 Å². The van der Waals surface area contributed by atoms with Crippen LogP contribution in [-0.4, -0.2) is 33.7 Å². The topological polar surface area (TPSA) is 90.7 Å². The van der Waals surface area contributed by atoms with E-state index in [1.54, 1.807) is 69.3 Å². The third-order valence-corrected chi connectivity index (χ3v) is 5.08. The molecule has 4 rings (SSSR count). The number of carbonyl (C=O) groups excluding carboxylic acids is 2. The van der Waals surface area contributed by atoms with Crippen molar-refractivity contribution in [3.63, 3.8) is 0 Å². The summed E-state index contributed by atoms with van der Waals surface area (Å²) >= 11 is 0. The van der Waals surface area contributed by atoms with Gasteiger partial charge in [0.2, 0.25) is 11.6 Å². The Labute approximate surface area is 173 Å². The van der Waals surface area contributed by atoms with Crippen molar-refractivity contribution < 1.29 is 24.2 Å². The SMILES string of the molecule is COC(=O)c1nn2c(c1C(=O)C(C)(C)C)Oc1ccccc1C2(O)c1ccccc1. The highest BCUT2D eigenvalue weighted by Crippen LogP contribution is 2.47. The Morgan fingerprint density at radius 1 is 1.07 bits per heavy atom. The number of fused-ring (bicyclic) bond motifs is 2. The number of ketones is 1. The molecule has 2 heterocycles. The summed E-state index contributed by atoms with van der Waals surface area (Å²) in [7, 11) is 1.21. The molecule has 1 atom stereocenters. The van der Waals surface area contributed by atoms with Gasteiger partial charge in [0.05, 0.1) is 12.7 Å². The molecule has 1 N–H and O–H groups in total. The Bertz CT molecular complexity index is 1140. The predicted molar refractivity (Wildman–Crippen MR) is 109 cm³/mol. The largest absolute Gasteiger partial charge is 0.464 e. The molecule has 0 fully saturated rings. The molecule has 1 aliphatic heterocycles. The summed E-state index contributed by atoms with van der Waals surface area (Å²) in [6.45, 7) is 5.21. The minimum atomic E-state index is -1.79. The number of carbonyl (C=O) groups is 2. The van der Waals surface area contributed by atoms with E-state index in [-0.39, 0.29) is 22.9 Å². The molecule has 0 aliphatic carbocycles. The number of Topliss-reactive ketones (excluding diaryl/α,β-unsaturated/α-hetero) is 1. The molecule has 7 heteroatoms. The minimum absolute atomic E-state index is 0.000350. The van der Waals surface area contributed by atoms with E-state index < -0.39 is 17.1 Å². The summed E-state index contributed by atoms with van der Waals surface area (Å²) in [6.07, 6.45) is 0. The average Bonchev–Trinajstić information content (AvgIpc) is 3.12. The Kier molecular flexibility index (Phi) is 4.51. The lowest BCUT2D eigenvalue weighted by molar-refractivity contribution is 0.0169. The molecule has 0 bridgehead atoms. The number of hydrogen-bond acceptors (Lipinski definition) is 6. The highest BCUT2D eigenvalue weighted by molar-refractivity contribution is 6.09. The smallest absolute Gasteiger partial charge is 0.359 e. The maximum absolute atomic E-state index is 13.3. The van der Waals surface area contributed by atoms with E-state index in [4.69, 9.17) is 9.47 Å². The Morgan fingerprint density at radius 3 is 2.33 bits per heavy atom. The van der Waals surface area contributed by atoms with Crippen LogP contribution in [0.5, 0.6) is 11.6 Å². The van der Waals surface area contributed by atoms with Gasteiger partial charge in [0.15, 0.2) is 11.5 Å². The number of benzene rings is 2. The number of hydrogen-bond donors (Lipinski definition) is 1. The molecule has 1 unspecified atom stereocenters. The second-order valence-corrected chi connectivity index (χ2v) is 8.15. The zero-order chi connectivity index (χ0) is 21.7. The number of esters is 1. The molecule has 7 nitrogen and oxygen atoms in total. The zero-order valence-corrected chi connectivity index (χ0v) is 17.2. The number of aliphatic hydroxyl groups is 1. The van der Waals surface area contributed by atoms with Crippen LogP contribution in [0.3, 0.4) is 0 Å². The molecular formula is C23H22N2O5. The van der Waals surface area contributed by atoms with E-state index in [2.05, 4.69) is 5.10 Å². The highest BCUT2D eigenvalue weighted by atomic mass is 16.5. The second kappa shape index (κ2) is 6.81. The second-order valence-electron chi connectivity index (χ2n) is 8.15. The van der Waals surface area contributed by atoms with Crippen LogP contribution in [0.2, 0.25) is 0 Å². The van der Waals surface area contributed by atoms with Gasteiger partial charge < -0.3 is 14.6 Å². The van der Waals surface area contributed by atoms with Crippen LogP contribution in [0.15, 0.2) is 54.6 Å². The van der Waals surface area contributed by atoms with Crippen LogP contribution in [0.25, 0.3) is 0 Å². The van der Waals surface area contributed by atoms with Crippen molar-refractivity contribution in [1.29, 1.82) is 0 Å². The van der Waals surface area contributed by atoms with E-state index in [0.29, 0.717) is 16.9 Å². The van der Waals surface area contributed by atoms with Gasteiger partial charge in [0.1, 0.15) is 11.3 Å². The quantitative estimate of drug-likeness (QED) is 0.526. The van der Waals surface area contributed by atoms with Crippen molar-refractivity contribution >= 4 is 11.8 Å². The molecule has 1 aromatic heterocycles. The van der Waals surface area contributed by atoms with Crippen LogP contribution in [0, 0.1) is 5.41 Å². The molecule has 1 aliphatic rings. The first-order valence-corrected chi connectivity index (χ1v) is 9.51. The van der Waals surface area contributed by atoms with E-state index in [0.717, 1.165) is 0 Å². The van der Waals surface area contributed by atoms with Gasteiger partial charge in [-0.2, -0.15) is 9.78 Å². The first kappa shape index (κ1) is 19.8. The van der Waals surface area contributed by atoms with Crippen LogP contribution < -0.4 is 4.74 Å².